The van der Waals surface area contributed by atoms with Gasteiger partial charge in [-0.2, -0.15) is 0 Å². The van der Waals surface area contributed by atoms with Crippen molar-refractivity contribution < 1.29 is 9.15 Å². The average molecular weight is 336 g/mol. The summed E-state index contributed by atoms with van der Waals surface area (Å²) in [7, 11) is 1.67. The number of furan rings is 1. The van der Waals surface area contributed by atoms with E-state index in [2.05, 4.69) is 40.3 Å². The molecule has 1 aromatic heterocycles. The Balaban J connectivity index is 1.64. The number of benzene rings is 1. The zero-order valence-electron chi connectivity index (χ0n) is 11.7. The van der Waals surface area contributed by atoms with Crippen molar-refractivity contribution in [1.29, 1.82) is 0 Å². The molecule has 2 atom stereocenters. The number of anilines is 1. The Morgan fingerprint density at radius 3 is 2.85 bits per heavy atom. The van der Waals surface area contributed by atoms with Crippen molar-refractivity contribution in [3.8, 4) is 5.75 Å². The minimum atomic E-state index is 0.634. The van der Waals surface area contributed by atoms with Gasteiger partial charge in [-0.1, -0.05) is 22.9 Å². The predicted molar refractivity (Wildman–Crippen MR) is 83.3 cm³/mol. The molecule has 1 heterocycles. The van der Waals surface area contributed by atoms with Crippen LogP contribution in [0, 0.1) is 5.92 Å². The van der Waals surface area contributed by atoms with E-state index < -0.39 is 0 Å². The molecule has 1 saturated carbocycles. The zero-order chi connectivity index (χ0) is 14.1. The van der Waals surface area contributed by atoms with E-state index in [-0.39, 0.29) is 0 Å². The fourth-order valence-corrected chi connectivity index (χ4v) is 2.85. The predicted octanol–water partition coefficient (Wildman–Crippen LogP) is 4.79. The number of hydrogen-bond donors (Lipinski definition) is 1. The van der Waals surface area contributed by atoms with Gasteiger partial charge < -0.3 is 14.5 Å². The minimum Gasteiger partial charge on any atom is -0.497 e. The number of nitrogens with one attached hydrogen (secondary N) is 1. The van der Waals surface area contributed by atoms with Gasteiger partial charge in [0.25, 0.3) is 0 Å². The monoisotopic (exact) mass is 335 g/mol. The number of methoxy groups -OCH3 is 1. The molecule has 3 rings (SSSR count). The molecule has 106 valence electrons. The lowest BCUT2D eigenvalue weighted by Gasteiger charge is -2.08. The third-order valence-electron chi connectivity index (χ3n) is 3.73. The van der Waals surface area contributed by atoms with Crippen LogP contribution in [-0.2, 0) is 6.54 Å². The summed E-state index contributed by atoms with van der Waals surface area (Å²) in [6, 6.07) is 10.1. The van der Waals surface area contributed by atoms with Gasteiger partial charge in [-0.15, -0.1) is 0 Å². The van der Waals surface area contributed by atoms with Gasteiger partial charge >= 0.3 is 0 Å². The average Bonchev–Trinajstić information content (AvgIpc) is 2.99. The van der Waals surface area contributed by atoms with Gasteiger partial charge in [0.2, 0.25) is 0 Å². The number of rotatable bonds is 5. The molecule has 0 spiro atoms. The molecule has 3 nitrogen and oxygen atoms in total. The van der Waals surface area contributed by atoms with Gasteiger partial charge in [-0.25, -0.2) is 0 Å². The highest BCUT2D eigenvalue weighted by atomic mass is 79.9. The maximum atomic E-state index is 5.88. The molecule has 0 bridgehead atoms. The van der Waals surface area contributed by atoms with E-state index in [0.29, 0.717) is 12.5 Å². The SMILES string of the molecule is COc1cc(Br)cc(NCc2ccc(C3CC3C)o2)c1. The van der Waals surface area contributed by atoms with Gasteiger partial charge in [-0.05, 0) is 36.6 Å². The molecule has 1 N–H and O–H groups in total. The molecule has 0 radical (unpaired) electrons. The van der Waals surface area contributed by atoms with Crippen LogP contribution in [0.5, 0.6) is 5.75 Å². The molecule has 2 aromatic rings. The first-order valence-electron chi connectivity index (χ1n) is 6.83. The molecule has 0 saturated heterocycles. The molecule has 1 aliphatic rings. The topological polar surface area (TPSA) is 34.4 Å². The molecule has 1 fully saturated rings. The molecule has 1 aromatic carbocycles. The largest absolute Gasteiger partial charge is 0.497 e. The number of halogens is 1. The fourth-order valence-electron chi connectivity index (χ4n) is 2.38. The van der Waals surface area contributed by atoms with E-state index in [1.54, 1.807) is 7.11 Å². The second-order valence-corrected chi connectivity index (χ2v) is 6.27. The van der Waals surface area contributed by atoms with Crippen LogP contribution < -0.4 is 10.1 Å². The Labute approximate surface area is 127 Å². The smallest absolute Gasteiger partial charge is 0.123 e. The lowest BCUT2D eigenvalue weighted by molar-refractivity contribution is 0.414. The van der Waals surface area contributed by atoms with E-state index in [9.17, 15) is 0 Å². The van der Waals surface area contributed by atoms with Crippen LogP contribution in [0.25, 0.3) is 0 Å². The van der Waals surface area contributed by atoms with Gasteiger partial charge in [0, 0.05) is 22.1 Å². The molecule has 4 heteroatoms. The Kier molecular flexibility index (Phi) is 3.74. The quantitative estimate of drug-likeness (QED) is 0.853. The lowest BCUT2D eigenvalue weighted by Crippen LogP contribution is -1.98. The van der Waals surface area contributed by atoms with Crippen LogP contribution in [0.4, 0.5) is 5.69 Å². The second kappa shape index (κ2) is 5.52. The molecular weight excluding hydrogens is 318 g/mol. The first kappa shape index (κ1) is 13.6. The zero-order valence-corrected chi connectivity index (χ0v) is 13.2. The summed E-state index contributed by atoms with van der Waals surface area (Å²) in [5.41, 5.74) is 1.01. The van der Waals surface area contributed by atoms with Gasteiger partial charge in [0.1, 0.15) is 17.3 Å². The Morgan fingerprint density at radius 2 is 2.15 bits per heavy atom. The maximum Gasteiger partial charge on any atom is 0.123 e. The van der Waals surface area contributed by atoms with Crippen molar-refractivity contribution in [1.82, 2.24) is 0 Å². The van der Waals surface area contributed by atoms with E-state index in [1.165, 1.54) is 6.42 Å². The molecule has 1 aliphatic carbocycles. The molecule has 20 heavy (non-hydrogen) atoms. The summed E-state index contributed by atoms with van der Waals surface area (Å²) < 4.78 is 12.1. The van der Waals surface area contributed by atoms with Crippen molar-refractivity contribution in [3.05, 3.63) is 46.3 Å². The summed E-state index contributed by atoms with van der Waals surface area (Å²) in [6.07, 6.45) is 1.25. The number of ether oxygens (including phenoxy) is 1. The second-order valence-electron chi connectivity index (χ2n) is 5.36. The maximum absolute atomic E-state index is 5.88. The van der Waals surface area contributed by atoms with E-state index >= 15 is 0 Å². The van der Waals surface area contributed by atoms with Crippen LogP contribution in [0.15, 0.2) is 39.2 Å². The van der Waals surface area contributed by atoms with Crippen molar-refractivity contribution in [3.63, 3.8) is 0 Å². The van der Waals surface area contributed by atoms with Gasteiger partial charge in [0.15, 0.2) is 0 Å². The summed E-state index contributed by atoms with van der Waals surface area (Å²) in [5, 5.41) is 3.36. The third kappa shape index (κ3) is 3.01. The summed E-state index contributed by atoms with van der Waals surface area (Å²) >= 11 is 3.47. The Hall–Kier alpha value is -1.42. The first-order chi connectivity index (χ1) is 9.65. The van der Waals surface area contributed by atoms with E-state index in [0.717, 1.165) is 33.3 Å². The molecule has 0 aliphatic heterocycles. The third-order valence-corrected chi connectivity index (χ3v) is 4.19. The normalized spacial score (nSPS) is 20.8. The van der Waals surface area contributed by atoms with E-state index in [1.807, 2.05) is 18.2 Å². The highest BCUT2D eigenvalue weighted by Crippen LogP contribution is 2.47. The fraction of sp³-hybridized carbons (Fsp3) is 0.375. The van der Waals surface area contributed by atoms with Crippen molar-refractivity contribution in [2.45, 2.75) is 25.8 Å². The van der Waals surface area contributed by atoms with Crippen molar-refractivity contribution in [2.75, 3.05) is 12.4 Å². The van der Waals surface area contributed by atoms with Crippen LogP contribution in [0.3, 0.4) is 0 Å². The standard InChI is InChI=1S/C16H18BrNO2/c1-10-5-15(10)16-4-3-13(20-16)9-18-12-6-11(17)7-14(8-12)19-2/h3-4,6-8,10,15,18H,5,9H2,1-2H3. The summed E-state index contributed by atoms with van der Waals surface area (Å²) in [5.74, 6) is 4.33. The van der Waals surface area contributed by atoms with Crippen molar-refractivity contribution in [2.24, 2.45) is 5.92 Å². The highest BCUT2D eigenvalue weighted by Gasteiger charge is 2.36. The summed E-state index contributed by atoms with van der Waals surface area (Å²) in [4.78, 5) is 0. The van der Waals surface area contributed by atoms with Crippen molar-refractivity contribution >= 4 is 21.6 Å². The van der Waals surface area contributed by atoms with Crippen LogP contribution >= 0.6 is 15.9 Å². The van der Waals surface area contributed by atoms with E-state index in [4.69, 9.17) is 9.15 Å². The van der Waals surface area contributed by atoms with Gasteiger partial charge in [-0.3, -0.25) is 0 Å². The molecule has 2 unspecified atom stereocenters. The lowest BCUT2D eigenvalue weighted by atomic mass is 10.3. The van der Waals surface area contributed by atoms with Gasteiger partial charge in [0.05, 0.1) is 13.7 Å². The molecule has 0 amide bonds. The first-order valence-corrected chi connectivity index (χ1v) is 7.62. The van der Waals surface area contributed by atoms with Crippen LogP contribution in [-0.4, -0.2) is 7.11 Å². The highest BCUT2D eigenvalue weighted by molar-refractivity contribution is 9.10. The van der Waals surface area contributed by atoms with Crippen LogP contribution in [0.2, 0.25) is 0 Å². The Morgan fingerprint density at radius 1 is 1.35 bits per heavy atom. The minimum absolute atomic E-state index is 0.634. The Bertz CT molecular complexity index is 608. The summed E-state index contributed by atoms with van der Waals surface area (Å²) in [6.45, 7) is 2.94. The number of hydrogen-bond acceptors (Lipinski definition) is 3. The van der Waals surface area contributed by atoms with Crippen LogP contribution in [0.1, 0.15) is 30.8 Å². The molecular formula is C16H18BrNO2.